The average molecular weight is 446 g/mol. The molecule has 32 heavy (non-hydrogen) atoms. The van der Waals surface area contributed by atoms with Crippen molar-refractivity contribution in [1.82, 2.24) is 20.9 Å². The van der Waals surface area contributed by atoms with E-state index in [1.54, 1.807) is 31.4 Å². The van der Waals surface area contributed by atoms with Crippen molar-refractivity contribution in [3.8, 4) is 5.75 Å². The third-order valence-corrected chi connectivity index (χ3v) is 6.40. The molecule has 8 nitrogen and oxygen atoms in total. The van der Waals surface area contributed by atoms with Crippen molar-refractivity contribution in [3.05, 3.63) is 29.8 Å². The summed E-state index contributed by atoms with van der Waals surface area (Å²) >= 11 is 0. The Bertz CT molecular complexity index is 726. The normalized spacial score (nSPS) is 19.2. The van der Waals surface area contributed by atoms with Crippen molar-refractivity contribution in [1.29, 1.82) is 0 Å². The van der Waals surface area contributed by atoms with E-state index in [2.05, 4.69) is 27.8 Å². The highest BCUT2D eigenvalue weighted by Gasteiger charge is 2.38. The molecule has 1 aliphatic carbocycles. The van der Waals surface area contributed by atoms with E-state index in [1.165, 1.54) is 32.1 Å². The van der Waals surface area contributed by atoms with E-state index in [4.69, 9.17) is 14.5 Å². The van der Waals surface area contributed by atoms with Crippen molar-refractivity contribution in [2.45, 2.75) is 44.6 Å². The first-order chi connectivity index (χ1) is 15.7. The zero-order valence-corrected chi connectivity index (χ0v) is 19.6. The van der Waals surface area contributed by atoms with Gasteiger partial charge < -0.3 is 25.4 Å². The van der Waals surface area contributed by atoms with Gasteiger partial charge in [-0.25, -0.2) is 0 Å². The van der Waals surface area contributed by atoms with E-state index < -0.39 is 0 Å². The largest absolute Gasteiger partial charge is 0.497 e. The summed E-state index contributed by atoms with van der Waals surface area (Å²) in [4.78, 5) is 19.9. The van der Waals surface area contributed by atoms with Crippen molar-refractivity contribution in [3.63, 3.8) is 0 Å². The van der Waals surface area contributed by atoms with Crippen LogP contribution in [0.1, 0.15) is 49.4 Å². The number of hydrogen-bond acceptors (Lipinski definition) is 5. The lowest BCUT2D eigenvalue weighted by Crippen LogP contribution is -2.56. The topological polar surface area (TPSA) is 87.2 Å². The second-order valence-electron chi connectivity index (χ2n) is 8.49. The molecule has 0 atom stereocenters. The van der Waals surface area contributed by atoms with Gasteiger partial charge in [-0.3, -0.25) is 14.7 Å². The molecular weight excluding hydrogens is 406 g/mol. The third-order valence-electron chi connectivity index (χ3n) is 6.40. The van der Waals surface area contributed by atoms with Gasteiger partial charge in [-0.15, -0.1) is 0 Å². The maximum absolute atomic E-state index is 12.3. The molecule has 1 saturated heterocycles. The first-order valence-corrected chi connectivity index (χ1v) is 11.9. The van der Waals surface area contributed by atoms with E-state index in [-0.39, 0.29) is 11.4 Å². The van der Waals surface area contributed by atoms with E-state index >= 15 is 0 Å². The molecule has 3 N–H and O–H groups in total. The number of benzene rings is 1. The molecule has 2 fully saturated rings. The van der Waals surface area contributed by atoms with Gasteiger partial charge in [0, 0.05) is 43.8 Å². The summed E-state index contributed by atoms with van der Waals surface area (Å²) in [5, 5.41) is 9.66. The van der Waals surface area contributed by atoms with Crippen molar-refractivity contribution < 1.29 is 14.3 Å². The summed E-state index contributed by atoms with van der Waals surface area (Å²) in [6.07, 6.45) is 6.27. The van der Waals surface area contributed by atoms with Crippen molar-refractivity contribution in [2.24, 2.45) is 4.99 Å². The summed E-state index contributed by atoms with van der Waals surface area (Å²) < 4.78 is 10.7. The number of nitrogens with zero attached hydrogens (tertiary/aromatic N) is 2. The molecule has 0 unspecified atom stereocenters. The highest BCUT2D eigenvalue weighted by atomic mass is 16.5. The molecular formula is C24H39N5O3. The molecule has 0 spiro atoms. The Morgan fingerprint density at radius 2 is 1.75 bits per heavy atom. The molecule has 1 aromatic rings. The fourth-order valence-corrected chi connectivity index (χ4v) is 4.59. The van der Waals surface area contributed by atoms with Crippen LogP contribution in [0.25, 0.3) is 0 Å². The quantitative estimate of drug-likeness (QED) is 0.306. The van der Waals surface area contributed by atoms with Crippen molar-refractivity contribution >= 4 is 11.9 Å². The Morgan fingerprint density at radius 3 is 2.41 bits per heavy atom. The van der Waals surface area contributed by atoms with E-state index in [1.807, 2.05) is 0 Å². The number of carbonyl (C=O) groups is 1. The molecule has 0 bridgehead atoms. The van der Waals surface area contributed by atoms with Crippen LogP contribution < -0.4 is 20.7 Å². The average Bonchev–Trinajstić information content (AvgIpc) is 2.86. The zero-order valence-electron chi connectivity index (χ0n) is 19.6. The predicted molar refractivity (Wildman–Crippen MR) is 128 cm³/mol. The number of amides is 1. The predicted octanol–water partition coefficient (Wildman–Crippen LogP) is 2.02. The van der Waals surface area contributed by atoms with Crippen LogP contribution in [0.5, 0.6) is 5.75 Å². The highest BCUT2D eigenvalue weighted by Crippen LogP contribution is 2.34. The molecule has 1 saturated carbocycles. The lowest BCUT2D eigenvalue weighted by atomic mass is 9.80. The number of guanidine groups is 1. The van der Waals surface area contributed by atoms with Gasteiger partial charge in [0.1, 0.15) is 5.75 Å². The lowest BCUT2D eigenvalue weighted by Gasteiger charge is -2.47. The van der Waals surface area contributed by atoms with Crippen LogP contribution in [-0.4, -0.2) is 81.9 Å². The third kappa shape index (κ3) is 6.84. The number of carbonyl (C=O) groups excluding carboxylic acids is 1. The Morgan fingerprint density at radius 1 is 1.06 bits per heavy atom. The van der Waals surface area contributed by atoms with Gasteiger partial charge in [-0.1, -0.05) is 19.3 Å². The maximum Gasteiger partial charge on any atom is 0.251 e. The summed E-state index contributed by atoms with van der Waals surface area (Å²) in [6, 6.07) is 7.11. The second kappa shape index (κ2) is 12.6. The Hall–Kier alpha value is -2.32. The smallest absolute Gasteiger partial charge is 0.251 e. The van der Waals surface area contributed by atoms with Gasteiger partial charge in [0.15, 0.2) is 5.96 Å². The van der Waals surface area contributed by atoms with Gasteiger partial charge >= 0.3 is 0 Å². The van der Waals surface area contributed by atoms with E-state index in [9.17, 15) is 4.79 Å². The molecule has 8 heteroatoms. The summed E-state index contributed by atoms with van der Waals surface area (Å²) in [5.41, 5.74) is 0.767. The zero-order chi connectivity index (χ0) is 22.7. The Kier molecular flexibility index (Phi) is 9.62. The molecule has 1 heterocycles. The molecule has 0 aromatic heterocycles. The Balaban J connectivity index is 1.51. The lowest BCUT2D eigenvalue weighted by molar-refractivity contribution is -0.0333. The van der Waals surface area contributed by atoms with Crippen molar-refractivity contribution in [2.75, 3.05) is 59.6 Å². The van der Waals surface area contributed by atoms with Gasteiger partial charge in [-0.2, -0.15) is 0 Å². The van der Waals surface area contributed by atoms with Gasteiger partial charge in [-0.05, 0) is 44.0 Å². The second-order valence-corrected chi connectivity index (χ2v) is 8.49. The number of aliphatic imine (C=N–C) groups is 1. The fourth-order valence-electron chi connectivity index (χ4n) is 4.59. The molecule has 1 amide bonds. The molecule has 2 aliphatic rings. The first kappa shape index (κ1) is 24.3. The van der Waals surface area contributed by atoms with Crippen LogP contribution >= 0.6 is 0 Å². The van der Waals surface area contributed by atoms with Crippen LogP contribution in [0.4, 0.5) is 0 Å². The van der Waals surface area contributed by atoms with Crippen LogP contribution in [-0.2, 0) is 4.74 Å². The number of ether oxygens (including phenoxy) is 2. The van der Waals surface area contributed by atoms with Crippen LogP contribution in [0.3, 0.4) is 0 Å². The van der Waals surface area contributed by atoms with Gasteiger partial charge in [0.25, 0.3) is 5.91 Å². The van der Waals surface area contributed by atoms with Crippen LogP contribution in [0.15, 0.2) is 29.3 Å². The fraction of sp³-hybridized carbons (Fsp3) is 0.667. The highest BCUT2D eigenvalue weighted by molar-refractivity contribution is 5.94. The summed E-state index contributed by atoms with van der Waals surface area (Å²) in [5.74, 6) is 1.46. The minimum Gasteiger partial charge on any atom is -0.497 e. The minimum atomic E-state index is -0.0927. The van der Waals surface area contributed by atoms with Crippen LogP contribution in [0.2, 0.25) is 0 Å². The number of hydrogen-bond donors (Lipinski definition) is 3. The number of methoxy groups -OCH3 is 1. The standard InChI is InChI=1S/C24H39N5O3/c1-3-25-23(27-14-13-26-22(30)20-7-9-21(31-2)10-8-20)28-19-24(11-5-4-6-12-24)29-15-17-32-18-16-29/h7-10H,3-6,11-19H2,1-2H3,(H,26,30)(H2,25,27,28). The van der Waals surface area contributed by atoms with E-state index in [0.717, 1.165) is 51.1 Å². The summed E-state index contributed by atoms with van der Waals surface area (Å²) in [7, 11) is 1.61. The molecule has 1 aromatic carbocycles. The SMILES string of the molecule is CCNC(=NCC1(N2CCOCC2)CCCCC1)NCCNC(=O)c1ccc(OC)cc1. The van der Waals surface area contributed by atoms with Gasteiger partial charge in [0.2, 0.25) is 0 Å². The number of nitrogens with one attached hydrogen (secondary N) is 3. The summed E-state index contributed by atoms with van der Waals surface area (Å²) in [6.45, 7) is 8.42. The number of rotatable bonds is 9. The molecule has 1 aliphatic heterocycles. The molecule has 0 radical (unpaired) electrons. The molecule has 3 rings (SSSR count). The van der Waals surface area contributed by atoms with E-state index in [0.29, 0.717) is 18.7 Å². The molecule has 178 valence electrons. The maximum atomic E-state index is 12.3. The minimum absolute atomic E-state index is 0.0927. The van der Waals surface area contributed by atoms with Gasteiger partial charge in [0.05, 0.1) is 26.9 Å². The van der Waals surface area contributed by atoms with Crippen LogP contribution in [0, 0.1) is 0 Å². The Labute approximate surface area is 192 Å². The monoisotopic (exact) mass is 445 g/mol. The first-order valence-electron chi connectivity index (χ1n) is 11.9. The number of morpholine rings is 1.